The molecule has 24 heavy (non-hydrogen) atoms. The Bertz CT molecular complexity index is 905. The van der Waals surface area contributed by atoms with E-state index in [2.05, 4.69) is 15.0 Å². The average Bonchev–Trinajstić information content (AvgIpc) is 2.55. The Hall–Kier alpha value is -3.16. The third kappa shape index (κ3) is 3.43. The fraction of sp³-hybridized carbons (Fsp3) is 0.0625. The number of nitrogens with one attached hydrogen (secondary N) is 1. The lowest BCUT2D eigenvalue weighted by atomic mass is 10.2. The van der Waals surface area contributed by atoms with Crippen LogP contribution in [0.3, 0.4) is 0 Å². The number of aromatic nitrogens is 3. The number of ether oxygens (including phenoxy) is 1. The van der Waals surface area contributed by atoms with Crippen LogP contribution in [0.5, 0.6) is 11.6 Å². The molecule has 0 atom stereocenters. The van der Waals surface area contributed by atoms with Gasteiger partial charge in [-0.25, -0.2) is 9.97 Å². The molecular weight excluding hydrogens is 323 g/mol. The molecule has 1 N–H and O–H groups in total. The fourth-order valence-electron chi connectivity index (χ4n) is 2.00. The van der Waals surface area contributed by atoms with Crippen LogP contribution < -0.4 is 10.3 Å². The van der Waals surface area contributed by atoms with Gasteiger partial charge in [0.25, 0.3) is 0 Å². The van der Waals surface area contributed by atoms with Crippen molar-refractivity contribution < 1.29 is 17.9 Å². The normalized spacial score (nSPS) is 11.3. The van der Waals surface area contributed by atoms with E-state index >= 15 is 0 Å². The zero-order valence-corrected chi connectivity index (χ0v) is 12.0. The van der Waals surface area contributed by atoms with Crippen LogP contribution in [0.2, 0.25) is 0 Å². The molecule has 0 aliphatic heterocycles. The predicted octanol–water partition coefficient (Wildman–Crippen LogP) is 3.64. The maximum Gasteiger partial charge on any atom is 0.433 e. The van der Waals surface area contributed by atoms with E-state index in [9.17, 15) is 18.0 Å². The van der Waals surface area contributed by atoms with Crippen LogP contribution in [0.15, 0.2) is 59.7 Å². The first-order valence-electron chi connectivity index (χ1n) is 6.79. The van der Waals surface area contributed by atoms with Gasteiger partial charge in [-0.15, -0.1) is 0 Å². The first kappa shape index (κ1) is 15.7. The molecule has 0 bridgehead atoms. The number of nitrogens with zero attached hydrogens (tertiary/aromatic N) is 2. The summed E-state index contributed by atoms with van der Waals surface area (Å²) in [7, 11) is 0. The summed E-state index contributed by atoms with van der Waals surface area (Å²) in [6.07, 6.45) is -2.08. The van der Waals surface area contributed by atoms with Gasteiger partial charge in [-0.05, 0) is 30.3 Å². The van der Waals surface area contributed by atoms with Crippen molar-refractivity contribution in [3.05, 3.63) is 70.9 Å². The van der Waals surface area contributed by atoms with Gasteiger partial charge in [-0.1, -0.05) is 6.07 Å². The summed E-state index contributed by atoms with van der Waals surface area (Å²) in [6.45, 7) is 0. The van der Waals surface area contributed by atoms with Gasteiger partial charge in [0, 0.05) is 12.3 Å². The molecule has 0 aromatic carbocycles. The molecule has 3 rings (SSSR count). The van der Waals surface area contributed by atoms with Crippen LogP contribution >= 0.6 is 0 Å². The number of aromatic amines is 1. The lowest BCUT2D eigenvalue weighted by molar-refractivity contribution is -0.141. The SMILES string of the molecule is O=c1cccc(-c2cccnc2Oc2ccc(C(F)(F)F)nc2)[nH]1. The van der Waals surface area contributed by atoms with Crippen molar-refractivity contribution in [2.24, 2.45) is 0 Å². The second kappa shape index (κ2) is 6.15. The summed E-state index contributed by atoms with van der Waals surface area (Å²) >= 11 is 0. The molecular formula is C16H10F3N3O2. The maximum absolute atomic E-state index is 12.5. The highest BCUT2D eigenvalue weighted by Gasteiger charge is 2.32. The summed E-state index contributed by atoms with van der Waals surface area (Å²) in [5.41, 5.74) is -0.331. The number of hydrogen-bond acceptors (Lipinski definition) is 4. The Kier molecular flexibility index (Phi) is 4.03. The topological polar surface area (TPSA) is 67.9 Å². The van der Waals surface area contributed by atoms with E-state index in [1.165, 1.54) is 12.3 Å². The Morgan fingerprint density at radius 1 is 1.00 bits per heavy atom. The van der Waals surface area contributed by atoms with E-state index in [4.69, 9.17) is 4.74 Å². The molecule has 0 saturated carbocycles. The predicted molar refractivity (Wildman–Crippen MR) is 79.6 cm³/mol. The van der Waals surface area contributed by atoms with Crippen LogP contribution in [0.4, 0.5) is 13.2 Å². The van der Waals surface area contributed by atoms with Crippen LogP contribution in [0, 0.1) is 0 Å². The molecule has 0 fully saturated rings. The lowest BCUT2D eigenvalue weighted by Gasteiger charge is -2.10. The number of rotatable bonds is 3. The van der Waals surface area contributed by atoms with E-state index in [0.717, 1.165) is 18.3 Å². The average molecular weight is 333 g/mol. The third-order valence-electron chi connectivity index (χ3n) is 3.07. The largest absolute Gasteiger partial charge is 0.437 e. The quantitative estimate of drug-likeness (QED) is 0.794. The van der Waals surface area contributed by atoms with Gasteiger partial charge in [0.15, 0.2) is 0 Å². The number of halogens is 3. The second-order valence-corrected chi connectivity index (χ2v) is 4.76. The molecule has 0 amide bonds. The molecule has 0 aliphatic carbocycles. The van der Waals surface area contributed by atoms with E-state index in [1.807, 2.05) is 0 Å². The van der Waals surface area contributed by atoms with Crippen molar-refractivity contribution in [2.75, 3.05) is 0 Å². The van der Waals surface area contributed by atoms with Crippen LogP contribution in [0.25, 0.3) is 11.3 Å². The first-order valence-corrected chi connectivity index (χ1v) is 6.79. The van der Waals surface area contributed by atoms with Gasteiger partial charge in [0.05, 0.1) is 17.5 Å². The molecule has 3 aromatic rings. The maximum atomic E-state index is 12.5. The monoisotopic (exact) mass is 333 g/mol. The molecule has 122 valence electrons. The lowest BCUT2D eigenvalue weighted by Crippen LogP contribution is -2.07. The van der Waals surface area contributed by atoms with Crippen molar-refractivity contribution in [3.63, 3.8) is 0 Å². The molecule has 0 radical (unpaired) electrons. The Balaban J connectivity index is 1.93. The van der Waals surface area contributed by atoms with Crippen molar-refractivity contribution >= 4 is 0 Å². The number of hydrogen-bond donors (Lipinski definition) is 1. The number of pyridine rings is 3. The standard InChI is InChI=1S/C16H10F3N3O2/c17-16(18,19)13-7-6-10(9-21-13)24-15-11(3-2-8-20-15)12-4-1-5-14(23)22-12/h1-9H,(H,22,23). The molecule has 3 aromatic heterocycles. The Labute approximate surface area is 133 Å². The summed E-state index contributed by atoms with van der Waals surface area (Å²) in [4.78, 5) is 21.5. The van der Waals surface area contributed by atoms with Crippen LogP contribution in [-0.4, -0.2) is 15.0 Å². The highest BCUT2D eigenvalue weighted by atomic mass is 19.4. The minimum atomic E-state index is -4.52. The minimum Gasteiger partial charge on any atom is -0.437 e. The van der Waals surface area contributed by atoms with E-state index in [0.29, 0.717) is 11.3 Å². The van der Waals surface area contributed by atoms with Crippen molar-refractivity contribution in [2.45, 2.75) is 6.18 Å². The van der Waals surface area contributed by atoms with Crippen molar-refractivity contribution in [1.82, 2.24) is 15.0 Å². The number of H-pyrrole nitrogens is 1. The Morgan fingerprint density at radius 2 is 1.83 bits per heavy atom. The second-order valence-electron chi connectivity index (χ2n) is 4.76. The van der Waals surface area contributed by atoms with E-state index in [-0.39, 0.29) is 17.2 Å². The first-order chi connectivity index (χ1) is 11.4. The summed E-state index contributed by atoms with van der Waals surface area (Å²) in [5.74, 6) is 0.238. The summed E-state index contributed by atoms with van der Waals surface area (Å²) < 4.78 is 43.1. The van der Waals surface area contributed by atoms with E-state index < -0.39 is 11.9 Å². The molecule has 0 aliphatic rings. The molecule has 0 saturated heterocycles. The van der Waals surface area contributed by atoms with Crippen LogP contribution in [-0.2, 0) is 6.18 Å². The van der Waals surface area contributed by atoms with Gasteiger partial charge in [0.1, 0.15) is 11.4 Å². The molecule has 8 heteroatoms. The zero-order chi connectivity index (χ0) is 17.2. The van der Waals surface area contributed by atoms with Gasteiger partial charge >= 0.3 is 6.18 Å². The highest BCUT2D eigenvalue weighted by Crippen LogP contribution is 2.31. The molecule has 5 nitrogen and oxygen atoms in total. The van der Waals surface area contributed by atoms with Crippen LogP contribution in [0.1, 0.15) is 5.69 Å². The highest BCUT2D eigenvalue weighted by molar-refractivity contribution is 5.64. The Morgan fingerprint density at radius 3 is 2.50 bits per heavy atom. The van der Waals surface area contributed by atoms with E-state index in [1.54, 1.807) is 24.3 Å². The molecule has 0 spiro atoms. The summed E-state index contributed by atoms with van der Waals surface area (Å²) in [6, 6.07) is 9.90. The van der Waals surface area contributed by atoms with Gasteiger partial charge in [0.2, 0.25) is 11.4 Å². The third-order valence-corrected chi connectivity index (χ3v) is 3.07. The van der Waals surface area contributed by atoms with Gasteiger partial charge in [-0.2, -0.15) is 13.2 Å². The number of alkyl halides is 3. The van der Waals surface area contributed by atoms with Crippen molar-refractivity contribution in [1.29, 1.82) is 0 Å². The smallest absolute Gasteiger partial charge is 0.433 e. The summed E-state index contributed by atoms with van der Waals surface area (Å²) in [5, 5.41) is 0. The van der Waals surface area contributed by atoms with Crippen molar-refractivity contribution in [3.8, 4) is 22.9 Å². The molecule has 3 heterocycles. The molecule has 0 unspecified atom stereocenters. The fourth-order valence-corrected chi connectivity index (χ4v) is 2.00. The van der Waals surface area contributed by atoms with Gasteiger partial charge < -0.3 is 9.72 Å². The van der Waals surface area contributed by atoms with Gasteiger partial charge in [-0.3, -0.25) is 4.79 Å². The zero-order valence-electron chi connectivity index (χ0n) is 12.0. The minimum absolute atomic E-state index is 0.0984.